The number of aryl methyl sites for hydroxylation is 2. The van der Waals surface area contributed by atoms with Crippen molar-refractivity contribution in [1.29, 1.82) is 0 Å². The Morgan fingerprint density at radius 2 is 1.95 bits per heavy atom. The van der Waals surface area contributed by atoms with Crippen molar-refractivity contribution >= 4 is 11.3 Å². The number of nitrogens with two attached hydrogens (primary N) is 1. The van der Waals surface area contributed by atoms with Crippen molar-refractivity contribution in [3.05, 3.63) is 51.5 Å². The van der Waals surface area contributed by atoms with Crippen LogP contribution in [-0.2, 0) is 0 Å². The van der Waals surface area contributed by atoms with Crippen molar-refractivity contribution in [2.75, 3.05) is 0 Å². The Morgan fingerprint density at radius 1 is 1.21 bits per heavy atom. The van der Waals surface area contributed by atoms with Crippen molar-refractivity contribution in [2.45, 2.75) is 32.9 Å². The Labute approximate surface area is 117 Å². The average Bonchev–Trinajstić information content (AvgIpc) is 2.76. The lowest BCUT2D eigenvalue weighted by atomic mass is 10.1. The predicted molar refractivity (Wildman–Crippen MR) is 77.2 cm³/mol. The van der Waals surface area contributed by atoms with Crippen LogP contribution in [0.25, 0.3) is 0 Å². The molecular formula is C15H18FNOS. The first kappa shape index (κ1) is 14.0. The van der Waals surface area contributed by atoms with Crippen molar-refractivity contribution in [3.8, 4) is 5.75 Å². The lowest BCUT2D eigenvalue weighted by Crippen LogP contribution is -2.29. The molecular weight excluding hydrogens is 261 g/mol. The Bertz CT molecular complexity index is 565. The summed E-state index contributed by atoms with van der Waals surface area (Å²) in [6, 6.07) is 6.43. The van der Waals surface area contributed by atoms with E-state index in [2.05, 4.69) is 0 Å². The number of ether oxygens (including phenoxy) is 1. The molecule has 19 heavy (non-hydrogen) atoms. The van der Waals surface area contributed by atoms with E-state index >= 15 is 0 Å². The average molecular weight is 279 g/mol. The van der Waals surface area contributed by atoms with Crippen LogP contribution in [0.3, 0.4) is 0 Å². The zero-order valence-corrected chi connectivity index (χ0v) is 12.1. The molecule has 0 aliphatic carbocycles. The van der Waals surface area contributed by atoms with Crippen LogP contribution in [0.5, 0.6) is 5.75 Å². The van der Waals surface area contributed by atoms with E-state index in [0.29, 0.717) is 5.75 Å². The number of thiophene rings is 1. The Kier molecular flexibility index (Phi) is 4.22. The molecule has 0 fully saturated rings. The topological polar surface area (TPSA) is 35.2 Å². The van der Waals surface area contributed by atoms with Crippen LogP contribution in [0, 0.1) is 19.7 Å². The summed E-state index contributed by atoms with van der Waals surface area (Å²) in [6.45, 7) is 5.83. The molecule has 0 aliphatic rings. The summed E-state index contributed by atoms with van der Waals surface area (Å²) in [7, 11) is 0. The molecule has 0 radical (unpaired) electrons. The van der Waals surface area contributed by atoms with E-state index in [9.17, 15) is 4.39 Å². The van der Waals surface area contributed by atoms with E-state index in [1.807, 2.05) is 32.2 Å². The molecule has 102 valence electrons. The van der Waals surface area contributed by atoms with Crippen molar-refractivity contribution in [3.63, 3.8) is 0 Å². The van der Waals surface area contributed by atoms with E-state index in [1.54, 1.807) is 17.4 Å². The third kappa shape index (κ3) is 3.14. The lowest BCUT2D eigenvalue weighted by Gasteiger charge is -2.23. The smallest absolute Gasteiger partial charge is 0.148 e. The summed E-state index contributed by atoms with van der Waals surface area (Å²) in [5.74, 6) is 0.252. The van der Waals surface area contributed by atoms with Gasteiger partial charge in [0, 0.05) is 17.0 Å². The van der Waals surface area contributed by atoms with Gasteiger partial charge in [-0.15, -0.1) is 11.3 Å². The first-order chi connectivity index (χ1) is 8.99. The number of benzene rings is 1. The molecule has 2 atom stereocenters. The van der Waals surface area contributed by atoms with Crippen LogP contribution in [0.15, 0.2) is 29.6 Å². The summed E-state index contributed by atoms with van der Waals surface area (Å²) in [5.41, 5.74) is 8.08. The molecule has 0 amide bonds. The standard InChI is InChI=1S/C15H18FNOS/c1-9-4-5-12(16)8-13(9)18-14(11(3)17)15-10(2)6-7-19-15/h4-8,11,14H,17H2,1-3H3. The number of hydrogen-bond acceptors (Lipinski definition) is 3. The third-order valence-electron chi connectivity index (χ3n) is 3.04. The summed E-state index contributed by atoms with van der Waals surface area (Å²) in [5, 5.41) is 2.02. The Balaban J connectivity index is 2.32. The zero-order chi connectivity index (χ0) is 14.0. The maximum absolute atomic E-state index is 13.3. The van der Waals surface area contributed by atoms with Crippen LogP contribution in [0.2, 0.25) is 0 Å². The molecule has 0 bridgehead atoms. The van der Waals surface area contributed by atoms with Crippen LogP contribution >= 0.6 is 11.3 Å². The molecule has 2 rings (SSSR count). The highest BCUT2D eigenvalue weighted by Gasteiger charge is 2.22. The highest BCUT2D eigenvalue weighted by atomic mass is 32.1. The van der Waals surface area contributed by atoms with Gasteiger partial charge in [0.1, 0.15) is 17.7 Å². The van der Waals surface area contributed by atoms with Gasteiger partial charge < -0.3 is 10.5 Å². The lowest BCUT2D eigenvalue weighted by molar-refractivity contribution is 0.181. The van der Waals surface area contributed by atoms with E-state index in [4.69, 9.17) is 10.5 Å². The summed E-state index contributed by atoms with van der Waals surface area (Å²) < 4.78 is 19.3. The van der Waals surface area contributed by atoms with Gasteiger partial charge in [0.25, 0.3) is 0 Å². The van der Waals surface area contributed by atoms with Gasteiger partial charge in [0.15, 0.2) is 0 Å². The molecule has 1 aromatic carbocycles. The first-order valence-electron chi connectivity index (χ1n) is 6.21. The van der Waals surface area contributed by atoms with Crippen LogP contribution in [0.1, 0.15) is 29.0 Å². The van der Waals surface area contributed by atoms with Crippen molar-refractivity contribution in [2.24, 2.45) is 5.73 Å². The van der Waals surface area contributed by atoms with Crippen LogP contribution < -0.4 is 10.5 Å². The normalized spacial score (nSPS) is 14.2. The van der Waals surface area contributed by atoms with E-state index in [1.165, 1.54) is 12.1 Å². The van der Waals surface area contributed by atoms with E-state index < -0.39 is 0 Å². The third-order valence-corrected chi connectivity index (χ3v) is 4.12. The fraction of sp³-hybridized carbons (Fsp3) is 0.333. The number of hydrogen-bond donors (Lipinski definition) is 1. The molecule has 2 unspecified atom stereocenters. The van der Waals surface area contributed by atoms with E-state index in [0.717, 1.165) is 16.0 Å². The molecule has 1 heterocycles. The SMILES string of the molecule is Cc1ccc(F)cc1OC(c1sccc1C)C(C)N. The molecule has 0 aliphatic heterocycles. The minimum absolute atomic E-state index is 0.167. The largest absolute Gasteiger partial charge is 0.483 e. The van der Waals surface area contributed by atoms with Crippen LogP contribution in [-0.4, -0.2) is 6.04 Å². The molecule has 0 saturated heterocycles. The highest BCUT2D eigenvalue weighted by molar-refractivity contribution is 7.10. The number of rotatable bonds is 4. The van der Waals surface area contributed by atoms with Crippen molar-refractivity contribution in [1.82, 2.24) is 0 Å². The van der Waals surface area contributed by atoms with Gasteiger partial charge >= 0.3 is 0 Å². The summed E-state index contributed by atoms with van der Waals surface area (Å²) >= 11 is 1.62. The molecule has 0 saturated carbocycles. The molecule has 4 heteroatoms. The van der Waals surface area contributed by atoms with E-state index in [-0.39, 0.29) is 18.0 Å². The zero-order valence-electron chi connectivity index (χ0n) is 11.3. The first-order valence-corrected chi connectivity index (χ1v) is 7.09. The second-order valence-corrected chi connectivity index (χ2v) is 5.72. The fourth-order valence-electron chi connectivity index (χ4n) is 1.91. The van der Waals surface area contributed by atoms with Gasteiger partial charge in [-0.3, -0.25) is 0 Å². The van der Waals surface area contributed by atoms with Gasteiger partial charge in [-0.05, 0) is 49.4 Å². The predicted octanol–water partition coefficient (Wildman–Crippen LogP) is 3.97. The molecule has 0 spiro atoms. The maximum atomic E-state index is 13.3. The maximum Gasteiger partial charge on any atom is 0.148 e. The molecule has 2 N–H and O–H groups in total. The summed E-state index contributed by atoms with van der Waals surface area (Å²) in [4.78, 5) is 1.10. The highest BCUT2D eigenvalue weighted by Crippen LogP contribution is 2.32. The van der Waals surface area contributed by atoms with Gasteiger partial charge in [-0.25, -0.2) is 4.39 Å². The monoisotopic (exact) mass is 279 g/mol. The van der Waals surface area contributed by atoms with Gasteiger partial charge in [0.2, 0.25) is 0 Å². The van der Waals surface area contributed by atoms with Gasteiger partial charge in [0.05, 0.1) is 0 Å². The van der Waals surface area contributed by atoms with Gasteiger partial charge in [-0.2, -0.15) is 0 Å². The quantitative estimate of drug-likeness (QED) is 0.919. The minimum atomic E-state index is -0.299. The molecule has 1 aromatic heterocycles. The molecule has 2 aromatic rings. The minimum Gasteiger partial charge on any atom is -0.483 e. The Morgan fingerprint density at radius 3 is 2.53 bits per heavy atom. The molecule has 2 nitrogen and oxygen atoms in total. The second-order valence-electron chi connectivity index (χ2n) is 4.78. The fourth-order valence-corrected chi connectivity index (χ4v) is 2.98. The Hall–Kier alpha value is -1.39. The van der Waals surface area contributed by atoms with Crippen molar-refractivity contribution < 1.29 is 9.13 Å². The summed E-state index contributed by atoms with van der Waals surface area (Å²) in [6.07, 6.45) is -0.250. The van der Waals surface area contributed by atoms with Crippen LogP contribution in [0.4, 0.5) is 4.39 Å². The van der Waals surface area contributed by atoms with Gasteiger partial charge in [-0.1, -0.05) is 6.07 Å². The number of halogens is 1. The second kappa shape index (κ2) is 5.72.